The Bertz CT molecular complexity index is 3550. The quantitative estimate of drug-likeness (QED) is 0.135. The summed E-state index contributed by atoms with van der Waals surface area (Å²) in [5, 5.41) is 0. The van der Waals surface area contributed by atoms with Crippen LogP contribution in [0.3, 0.4) is 0 Å². The van der Waals surface area contributed by atoms with Crippen LogP contribution >= 0.6 is 0 Å². The third-order valence-electron chi connectivity index (χ3n) is 16.3. The number of rotatable bonds is 10. The van der Waals surface area contributed by atoms with Gasteiger partial charge in [0.1, 0.15) is 0 Å². The van der Waals surface area contributed by atoms with Crippen molar-refractivity contribution in [3.63, 3.8) is 0 Å². The van der Waals surface area contributed by atoms with E-state index in [0.29, 0.717) is 11.8 Å². The van der Waals surface area contributed by atoms with Gasteiger partial charge in [-0.1, -0.05) is 173 Å². The van der Waals surface area contributed by atoms with Crippen LogP contribution in [0.2, 0.25) is 0 Å². The molecular weight excluding hydrogens is 905 g/mol. The molecule has 12 rings (SSSR count). The summed E-state index contributed by atoms with van der Waals surface area (Å²) in [6, 6.07) is 83.0. The lowest BCUT2D eigenvalue weighted by Gasteiger charge is -2.37. The van der Waals surface area contributed by atoms with Crippen molar-refractivity contribution < 1.29 is 0 Å². The van der Waals surface area contributed by atoms with E-state index in [2.05, 4.69) is 296 Å². The monoisotopic (exact) mass is 969 g/mol. The molecule has 2 aliphatic rings. The lowest BCUT2D eigenvalue weighted by Crippen LogP contribution is -2.30. The zero-order chi connectivity index (χ0) is 51.5. The van der Waals surface area contributed by atoms with Gasteiger partial charge in [0, 0.05) is 34.1 Å². The molecule has 0 aliphatic heterocycles. The van der Waals surface area contributed by atoms with E-state index in [9.17, 15) is 0 Å². The molecule has 0 aromatic heterocycles. The van der Waals surface area contributed by atoms with Crippen LogP contribution in [0.4, 0.5) is 34.1 Å². The SMILES string of the molecule is Cc1ccc(N(c2ccc(C(C)C)cc2)c2ccc3c(c2)C2(c4cc(N(c5ccc(C(C)C)cc5)c5ccc(C)c(C)c5)ccc4C=C3)c3ccc(-c4ccccc4)cc3-c3cc(-c4ccccc4)ccc32)cc1C. The fourth-order valence-corrected chi connectivity index (χ4v) is 11.8. The molecule has 2 heteroatoms. The van der Waals surface area contributed by atoms with Gasteiger partial charge >= 0.3 is 0 Å². The van der Waals surface area contributed by atoms with Crippen molar-refractivity contribution in [2.45, 2.75) is 72.6 Å². The van der Waals surface area contributed by atoms with Crippen LogP contribution < -0.4 is 9.80 Å². The Morgan fingerprint density at radius 3 is 1.03 bits per heavy atom. The second-order valence-corrected chi connectivity index (χ2v) is 21.6. The highest BCUT2D eigenvalue weighted by Gasteiger charge is 2.49. The molecule has 0 amide bonds. The van der Waals surface area contributed by atoms with Gasteiger partial charge in [-0.05, 0) is 225 Å². The number of benzene rings is 10. The maximum atomic E-state index is 2.52. The zero-order valence-corrected chi connectivity index (χ0v) is 44.5. The van der Waals surface area contributed by atoms with E-state index in [1.807, 2.05) is 0 Å². The van der Waals surface area contributed by atoms with E-state index in [1.54, 1.807) is 0 Å². The molecule has 2 aliphatic carbocycles. The minimum absolute atomic E-state index is 0.427. The molecule has 0 atom stereocenters. The molecule has 0 unspecified atom stereocenters. The molecule has 0 saturated carbocycles. The highest BCUT2D eigenvalue weighted by molar-refractivity contribution is 5.96. The van der Waals surface area contributed by atoms with Crippen molar-refractivity contribution in [2.24, 2.45) is 0 Å². The summed E-state index contributed by atoms with van der Waals surface area (Å²) in [5.41, 5.74) is 28.5. The predicted octanol–water partition coefficient (Wildman–Crippen LogP) is 20.3. The van der Waals surface area contributed by atoms with Gasteiger partial charge in [0.15, 0.2) is 0 Å². The number of aryl methyl sites for hydroxylation is 4. The molecule has 0 bridgehead atoms. The normalized spacial score (nSPS) is 12.8. The largest absolute Gasteiger partial charge is 0.310 e. The number of nitrogens with zero attached hydrogens (tertiary/aromatic N) is 2. The summed E-state index contributed by atoms with van der Waals surface area (Å²) in [6.45, 7) is 17.9. The Morgan fingerprint density at radius 1 is 0.293 bits per heavy atom. The van der Waals surface area contributed by atoms with Crippen molar-refractivity contribution in [2.75, 3.05) is 9.80 Å². The van der Waals surface area contributed by atoms with Crippen molar-refractivity contribution in [1.29, 1.82) is 0 Å². The Hall–Kier alpha value is -8.46. The van der Waals surface area contributed by atoms with Gasteiger partial charge in [-0.25, -0.2) is 0 Å². The molecule has 75 heavy (non-hydrogen) atoms. The molecule has 0 N–H and O–H groups in total. The van der Waals surface area contributed by atoms with Crippen molar-refractivity contribution >= 4 is 46.3 Å². The van der Waals surface area contributed by atoms with Crippen molar-refractivity contribution in [3.05, 3.63) is 285 Å². The third-order valence-corrected chi connectivity index (χ3v) is 16.3. The zero-order valence-electron chi connectivity index (χ0n) is 44.5. The molecule has 10 aromatic rings. The van der Waals surface area contributed by atoms with E-state index >= 15 is 0 Å². The summed E-state index contributed by atoms with van der Waals surface area (Å²) < 4.78 is 0. The molecule has 0 fully saturated rings. The van der Waals surface area contributed by atoms with Crippen LogP contribution in [0, 0.1) is 27.7 Å². The molecule has 366 valence electrons. The second kappa shape index (κ2) is 19.1. The van der Waals surface area contributed by atoms with Crippen molar-refractivity contribution in [1.82, 2.24) is 0 Å². The van der Waals surface area contributed by atoms with Crippen LogP contribution in [0.1, 0.15) is 106 Å². The van der Waals surface area contributed by atoms with Gasteiger partial charge in [-0.3, -0.25) is 0 Å². The first-order valence-corrected chi connectivity index (χ1v) is 26.8. The van der Waals surface area contributed by atoms with Gasteiger partial charge in [-0.15, -0.1) is 0 Å². The van der Waals surface area contributed by atoms with E-state index in [1.165, 1.54) is 100 Å². The van der Waals surface area contributed by atoms with Gasteiger partial charge < -0.3 is 9.80 Å². The number of hydrogen-bond donors (Lipinski definition) is 0. The molecule has 2 nitrogen and oxygen atoms in total. The minimum atomic E-state index is -0.748. The summed E-state index contributed by atoms with van der Waals surface area (Å²) in [6.07, 6.45) is 4.73. The van der Waals surface area contributed by atoms with Crippen LogP contribution in [0.15, 0.2) is 218 Å². The number of hydrogen-bond acceptors (Lipinski definition) is 2. The first kappa shape index (κ1) is 47.5. The molecular formula is C73H64N2. The van der Waals surface area contributed by atoms with Gasteiger partial charge in [0.25, 0.3) is 0 Å². The van der Waals surface area contributed by atoms with Gasteiger partial charge in [-0.2, -0.15) is 0 Å². The fraction of sp³-hybridized carbons (Fsp3) is 0.151. The first-order chi connectivity index (χ1) is 36.5. The van der Waals surface area contributed by atoms with E-state index in [0.717, 1.165) is 34.1 Å². The topological polar surface area (TPSA) is 6.48 Å². The maximum absolute atomic E-state index is 2.52. The van der Waals surface area contributed by atoms with Crippen LogP contribution in [0.25, 0.3) is 45.5 Å². The van der Waals surface area contributed by atoms with Crippen molar-refractivity contribution in [3.8, 4) is 33.4 Å². The first-order valence-electron chi connectivity index (χ1n) is 26.8. The van der Waals surface area contributed by atoms with E-state index in [-0.39, 0.29) is 0 Å². The Labute approximate surface area is 445 Å². The Morgan fingerprint density at radius 2 is 0.653 bits per heavy atom. The van der Waals surface area contributed by atoms with E-state index < -0.39 is 5.41 Å². The average Bonchev–Trinajstić information content (AvgIpc) is 3.71. The Balaban J connectivity index is 1.18. The summed E-state index contributed by atoms with van der Waals surface area (Å²) in [4.78, 5) is 4.93. The molecule has 1 spiro atoms. The van der Waals surface area contributed by atoms with Gasteiger partial charge in [0.05, 0.1) is 5.41 Å². The molecule has 0 radical (unpaired) electrons. The van der Waals surface area contributed by atoms with Crippen LogP contribution in [-0.4, -0.2) is 0 Å². The summed E-state index contributed by atoms with van der Waals surface area (Å²) in [7, 11) is 0. The summed E-state index contributed by atoms with van der Waals surface area (Å²) in [5.74, 6) is 0.854. The highest BCUT2D eigenvalue weighted by Crippen LogP contribution is 2.61. The van der Waals surface area contributed by atoms with Crippen LogP contribution in [0.5, 0.6) is 0 Å². The maximum Gasteiger partial charge on any atom is 0.0726 e. The smallest absolute Gasteiger partial charge is 0.0726 e. The predicted molar refractivity (Wildman–Crippen MR) is 320 cm³/mol. The average molecular weight is 969 g/mol. The molecule has 0 heterocycles. The highest BCUT2D eigenvalue weighted by atomic mass is 15.1. The fourth-order valence-electron chi connectivity index (χ4n) is 11.8. The number of anilines is 6. The lowest BCUT2D eigenvalue weighted by molar-refractivity contribution is 0.766. The second-order valence-electron chi connectivity index (χ2n) is 21.6. The Kier molecular flexibility index (Phi) is 12.1. The molecule has 0 saturated heterocycles. The summed E-state index contributed by atoms with van der Waals surface area (Å²) >= 11 is 0. The number of fused-ring (bicyclic) bond motifs is 9. The van der Waals surface area contributed by atoms with Gasteiger partial charge in [0.2, 0.25) is 0 Å². The lowest BCUT2D eigenvalue weighted by atomic mass is 9.65. The third kappa shape index (κ3) is 8.30. The van der Waals surface area contributed by atoms with E-state index in [4.69, 9.17) is 0 Å². The standard InChI is InChI=1S/C73H64N2/c1-47(2)53-23-33-61(34-24-53)74(63-31-19-49(5)51(7)41-63)65-37-27-57-21-22-58-28-38-66(75(64-32-20-50(6)52(8)42-64)62-35-25-54(26-36-62)48(3)4)46-72(58)73(71(57)45-65)69-39-29-59(55-15-11-9-12-16-55)43-67(69)68-44-60(30-40-70(68)73)56-17-13-10-14-18-56/h9-48H,1-8H3. The molecule has 10 aromatic carbocycles. The van der Waals surface area contributed by atoms with Crippen LogP contribution in [-0.2, 0) is 5.41 Å². The minimum Gasteiger partial charge on any atom is -0.310 e.